The molecule has 1 aromatic heterocycles. The Hall–Kier alpha value is -1.55. The number of hydrogen-bond donors (Lipinski definition) is 1. The second-order valence-corrected chi connectivity index (χ2v) is 5.79. The first-order chi connectivity index (χ1) is 9.65. The van der Waals surface area contributed by atoms with Crippen LogP contribution in [-0.4, -0.2) is 16.5 Å². The van der Waals surface area contributed by atoms with Crippen molar-refractivity contribution in [3.8, 4) is 0 Å². The van der Waals surface area contributed by atoms with Gasteiger partial charge in [-0.05, 0) is 38.8 Å². The van der Waals surface area contributed by atoms with Crippen molar-refractivity contribution in [2.24, 2.45) is 0 Å². The van der Waals surface area contributed by atoms with Gasteiger partial charge in [0.1, 0.15) is 17.2 Å². The number of nitrogens with one attached hydrogen (secondary N) is 1. The lowest BCUT2D eigenvalue weighted by Gasteiger charge is -2.13. The van der Waals surface area contributed by atoms with Crippen LogP contribution in [0.1, 0.15) is 30.5 Å². The van der Waals surface area contributed by atoms with E-state index in [-0.39, 0.29) is 0 Å². The van der Waals surface area contributed by atoms with Crippen molar-refractivity contribution < 1.29 is 0 Å². The lowest BCUT2D eigenvalue weighted by atomic mass is 10.2. The molecule has 0 aliphatic rings. The summed E-state index contributed by atoms with van der Waals surface area (Å²) >= 11 is 1.72. The first-order valence-corrected chi connectivity index (χ1v) is 7.80. The van der Waals surface area contributed by atoms with Crippen LogP contribution in [0.5, 0.6) is 0 Å². The molecule has 0 saturated heterocycles. The molecule has 0 aliphatic heterocycles. The van der Waals surface area contributed by atoms with Crippen LogP contribution in [0, 0.1) is 13.8 Å². The van der Waals surface area contributed by atoms with Crippen LogP contribution in [0.4, 0.5) is 5.82 Å². The summed E-state index contributed by atoms with van der Waals surface area (Å²) in [5, 5.41) is 4.36. The van der Waals surface area contributed by atoms with E-state index in [1.807, 2.05) is 0 Å². The third-order valence-corrected chi connectivity index (χ3v) is 4.36. The Labute approximate surface area is 125 Å². The number of nitrogens with zero attached hydrogens (tertiary/aromatic N) is 2. The van der Waals surface area contributed by atoms with Crippen LogP contribution in [0.15, 0.2) is 34.4 Å². The molecule has 1 N–H and O–H groups in total. The Morgan fingerprint density at radius 1 is 1.15 bits per heavy atom. The highest BCUT2D eigenvalue weighted by Crippen LogP contribution is 2.33. The first-order valence-electron chi connectivity index (χ1n) is 6.98. The van der Waals surface area contributed by atoms with E-state index in [1.54, 1.807) is 18.1 Å². The summed E-state index contributed by atoms with van der Waals surface area (Å²) in [5.74, 6) is 0.956. The molecule has 20 heavy (non-hydrogen) atoms. The monoisotopic (exact) mass is 287 g/mol. The van der Waals surface area contributed by atoms with Gasteiger partial charge in [-0.15, -0.1) is 0 Å². The summed E-state index contributed by atoms with van der Waals surface area (Å²) < 4.78 is 0. The molecule has 0 aliphatic carbocycles. The van der Waals surface area contributed by atoms with Crippen molar-refractivity contribution in [2.45, 2.75) is 44.0 Å². The highest BCUT2D eigenvalue weighted by atomic mass is 32.2. The predicted molar refractivity (Wildman–Crippen MR) is 85.6 cm³/mol. The van der Waals surface area contributed by atoms with Crippen LogP contribution in [0.3, 0.4) is 0 Å². The van der Waals surface area contributed by atoms with Crippen molar-refractivity contribution >= 4 is 17.6 Å². The minimum absolute atomic E-state index is 0.873. The molecule has 3 nitrogen and oxygen atoms in total. The fourth-order valence-corrected chi connectivity index (χ4v) is 3.17. The van der Waals surface area contributed by atoms with Gasteiger partial charge in [0.15, 0.2) is 0 Å². The molecule has 0 fully saturated rings. The molecule has 1 aromatic carbocycles. The summed E-state index contributed by atoms with van der Waals surface area (Å²) in [6.45, 7) is 9.36. The standard InChI is InChI=1S/C16H21N3S/c1-5-13-15(17-6-2)18-10-19-16(13)20-14-8-7-11(3)9-12(14)4/h7-10H,5-6H2,1-4H3,(H,17,18,19). The number of hydrogen-bond acceptors (Lipinski definition) is 4. The van der Waals surface area contributed by atoms with Crippen LogP contribution < -0.4 is 5.32 Å². The first kappa shape index (κ1) is 14.9. The Bertz CT molecular complexity index is 596. The van der Waals surface area contributed by atoms with E-state index in [2.05, 4.69) is 61.2 Å². The number of rotatable bonds is 5. The molecule has 1 heterocycles. The Kier molecular flexibility index (Phi) is 5.01. The van der Waals surface area contributed by atoms with E-state index in [4.69, 9.17) is 0 Å². The van der Waals surface area contributed by atoms with Gasteiger partial charge in [-0.3, -0.25) is 0 Å². The van der Waals surface area contributed by atoms with E-state index < -0.39 is 0 Å². The van der Waals surface area contributed by atoms with Crippen LogP contribution in [-0.2, 0) is 6.42 Å². The van der Waals surface area contributed by atoms with E-state index in [0.717, 1.165) is 23.8 Å². The number of anilines is 1. The highest BCUT2D eigenvalue weighted by molar-refractivity contribution is 7.99. The zero-order valence-electron chi connectivity index (χ0n) is 12.5. The van der Waals surface area contributed by atoms with Gasteiger partial charge in [-0.25, -0.2) is 9.97 Å². The van der Waals surface area contributed by atoms with Gasteiger partial charge in [0.05, 0.1) is 0 Å². The number of aryl methyl sites for hydroxylation is 2. The highest BCUT2D eigenvalue weighted by Gasteiger charge is 2.11. The van der Waals surface area contributed by atoms with Gasteiger partial charge in [-0.1, -0.05) is 36.4 Å². The minimum Gasteiger partial charge on any atom is -0.370 e. The SMILES string of the molecule is CCNc1ncnc(Sc2ccc(C)cc2C)c1CC. The quantitative estimate of drug-likeness (QED) is 0.835. The maximum absolute atomic E-state index is 4.46. The molecule has 106 valence electrons. The van der Waals surface area contributed by atoms with Gasteiger partial charge in [-0.2, -0.15) is 0 Å². The van der Waals surface area contributed by atoms with Gasteiger partial charge < -0.3 is 5.32 Å². The summed E-state index contributed by atoms with van der Waals surface area (Å²) in [6, 6.07) is 6.53. The molecule has 0 atom stereocenters. The fourth-order valence-electron chi connectivity index (χ4n) is 2.14. The van der Waals surface area contributed by atoms with Crippen LogP contribution in [0.25, 0.3) is 0 Å². The fraction of sp³-hybridized carbons (Fsp3) is 0.375. The third-order valence-electron chi connectivity index (χ3n) is 3.14. The van der Waals surface area contributed by atoms with Crippen LogP contribution >= 0.6 is 11.8 Å². The Morgan fingerprint density at radius 3 is 2.60 bits per heavy atom. The van der Waals surface area contributed by atoms with E-state index in [9.17, 15) is 0 Å². The molecular formula is C16H21N3S. The third kappa shape index (κ3) is 3.31. The summed E-state index contributed by atoms with van der Waals surface area (Å²) in [4.78, 5) is 10.1. The van der Waals surface area contributed by atoms with Gasteiger partial charge in [0, 0.05) is 17.0 Å². The molecule has 0 spiro atoms. The molecule has 0 radical (unpaired) electrons. The average molecular weight is 287 g/mol. The molecule has 0 bridgehead atoms. The molecule has 4 heteroatoms. The van der Waals surface area contributed by atoms with Gasteiger partial charge in [0.2, 0.25) is 0 Å². The molecule has 0 amide bonds. The van der Waals surface area contributed by atoms with Gasteiger partial charge >= 0.3 is 0 Å². The minimum atomic E-state index is 0.873. The second-order valence-electron chi connectivity index (χ2n) is 4.76. The molecule has 0 unspecified atom stereocenters. The lowest BCUT2D eigenvalue weighted by molar-refractivity contribution is 0.937. The Balaban J connectivity index is 2.35. The normalized spacial score (nSPS) is 10.6. The van der Waals surface area contributed by atoms with Crippen molar-refractivity contribution in [3.63, 3.8) is 0 Å². The topological polar surface area (TPSA) is 37.8 Å². The maximum atomic E-state index is 4.46. The van der Waals surface area contributed by atoms with Crippen molar-refractivity contribution in [3.05, 3.63) is 41.2 Å². The average Bonchev–Trinajstić information content (AvgIpc) is 2.42. The second kappa shape index (κ2) is 6.75. The number of aromatic nitrogens is 2. The number of benzene rings is 1. The van der Waals surface area contributed by atoms with Crippen molar-refractivity contribution in [2.75, 3.05) is 11.9 Å². The summed E-state index contributed by atoms with van der Waals surface area (Å²) in [5.41, 5.74) is 3.78. The molecule has 2 aromatic rings. The van der Waals surface area contributed by atoms with Crippen molar-refractivity contribution in [1.82, 2.24) is 9.97 Å². The Morgan fingerprint density at radius 2 is 1.95 bits per heavy atom. The molecule has 0 saturated carbocycles. The van der Waals surface area contributed by atoms with Gasteiger partial charge in [0.25, 0.3) is 0 Å². The smallest absolute Gasteiger partial charge is 0.133 e. The zero-order chi connectivity index (χ0) is 14.5. The van der Waals surface area contributed by atoms with E-state index >= 15 is 0 Å². The zero-order valence-corrected chi connectivity index (χ0v) is 13.3. The predicted octanol–water partition coefficient (Wildman–Crippen LogP) is 4.24. The van der Waals surface area contributed by atoms with E-state index in [0.29, 0.717) is 0 Å². The van der Waals surface area contributed by atoms with E-state index in [1.165, 1.54) is 21.6 Å². The summed E-state index contributed by atoms with van der Waals surface area (Å²) in [7, 11) is 0. The maximum Gasteiger partial charge on any atom is 0.133 e. The lowest BCUT2D eigenvalue weighted by Crippen LogP contribution is -2.05. The molecule has 2 rings (SSSR count). The molecular weight excluding hydrogens is 266 g/mol. The largest absolute Gasteiger partial charge is 0.370 e. The summed E-state index contributed by atoms with van der Waals surface area (Å²) in [6.07, 6.45) is 2.57. The van der Waals surface area contributed by atoms with Crippen LogP contribution in [0.2, 0.25) is 0 Å². The van der Waals surface area contributed by atoms with Crippen molar-refractivity contribution in [1.29, 1.82) is 0 Å².